The molecule has 2 aromatic rings. The summed E-state index contributed by atoms with van der Waals surface area (Å²) < 4.78 is 26.0. The van der Waals surface area contributed by atoms with Crippen molar-refractivity contribution < 1.29 is 13.5 Å². The summed E-state index contributed by atoms with van der Waals surface area (Å²) in [7, 11) is -2.09. The topological polar surface area (TPSA) is 70.5 Å². The molecule has 5 nitrogen and oxygen atoms in total. The molecule has 0 radical (unpaired) electrons. The molecular weight excluding hydrogens is 284 g/mol. The smallest absolute Gasteiger partial charge is 0.244 e. The van der Waals surface area contributed by atoms with E-state index >= 15 is 0 Å². The van der Waals surface area contributed by atoms with E-state index in [-0.39, 0.29) is 18.0 Å². The van der Waals surface area contributed by atoms with Gasteiger partial charge in [0.2, 0.25) is 10.0 Å². The van der Waals surface area contributed by atoms with Gasteiger partial charge in [0.25, 0.3) is 0 Å². The van der Waals surface area contributed by atoms with Gasteiger partial charge in [-0.1, -0.05) is 6.07 Å². The van der Waals surface area contributed by atoms with Gasteiger partial charge in [0.1, 0.15) is 0 Å². The highest BCUT2D eigenvalue weighted by molar-refractivity contribution is 7.89. The molecule has 0 amide bonds. The maximum absolute atomic E-state index is 12.4. The highest BCUT2D eigenvalue weighted by Gasteiger charge is 2.24. The number of pyridine rings is 1. The Morgan fingerprint density at radius 3 is 2.79 bits per heavy atom. The Morgan fingerprint density at radius 1 is 1.37 bits per heavy atom. The zero-order valence-corrected chi connectivity index (χ0v) is 12.0. The summed E-state index contributed by atoms with van der Waals surface area (Å²) in [6.07, 6.45) is 1.62. The molecule has 2 heterocycles. The molecule has 0 bridgehead atoms. The van der Waals surface area contributed by atoms with Crippen LogP contribution in [-0.2, 0) is 23.2 Å². The highest BCUT2D eigenvalue weighted by atomic mass is 32.2. The first kappa shape index (κ1) is 14.1. The van der Waals surface area contributed by atoms with Crippen molar-refractivity contribution in [2.24, 2.45) is 0 Å². The lowest BCUT2D eigenvalue weighted by atomic mass is 10.3. The Labute approximate surface area is 116 Å². The number of hydrogen-bond donors (Lipinski definition) is 1. The lowest BCUT2D eigenvalue weighted by Gasteiger charge is -2.16. The maximum Gasteiger partial charge on any atom is 0.244 e. The summed E-state index contributed by atoms with van der Waals surface area (Å²) in [4.78, 5) is 4.72. The largest absolute Gasteiger partial charge is 0.391 e. The molecule has 0 aliphatic rings. The molecule has 0 spiro atoms. The van der Waals surface area contributed by atoms with Crippen LogP contribution in [0.1, 0.15) is 10.6 Å². The maximum atomic E-state index is 12.4. The van der Waals surface area contributed by atoms with Crippen LogP contribution in [0.2, 0.25) is 0 Å². The number of aromatic nitrogens is 1. The van der Waals surface area contributed by atoms with Crippen LogP contribution in [0.4, 0.5) is 0 Å². The van der Waals surface area contributed by atoms with E-state index in [1.54, 1.807) is 23.7 Å². The van der Waals surface area contributed by atoms with Gasteiger partial charge in [-0.25, -0.2) is 8.42 Å². The van der Waals surface area contributed by atoms with E-state index in [1.165, 1.54) is 28.8 Å². The number of rotatable bonds is 5. The Balaban J connectivity index is 2.25. The first-order chi connectivity index (χ1) is 9.05. The zero-order chi connectivity index (χ0) is 13.9. The Kier molecular flexibility index (Phi) is 4.31. The summed E-state index contributed by atoms with van der Waals surface area (Å²) in [5, 5.41) is 10.8. The summed E-state index contributed by atoms with van der Waals surface area (Å²) in [6, 6.07) is 6.88. The number of hydrogen-bond acceptors (Lipinski definition) is 5. The van der Waals surface area contributed by atoms with Crippen molar-refractivity contribution in [3.63, 3.8) is 0 Å². The summed E-state index contributed by atoms with van der Waals surface area (Å²) in [6.45, 7) is -0.0758. The number of aliphatic hydroxyl groups is 1. The fourth-order valence-electron chi connectivity index (χ4n) is 1.65. The summed E-state index contributed by atoms with van der Waals surface area (Å²) >= 11 is 1.23. The van der Waals surface area contributed by atoms with E-state index in [2.05, 4.69) is 4.98 Å². The van der Waals surface area contributed by atoms with Crippen LogP contribution in [0.15, 0.2) is 40.7 Å². The molecule has 0 saturated carbocycles. The molecule has 0 aromatic carbocycles. The quantitative estimate of drug-likeness (QED) is 0.907. The molecule has 2 rings (SSSR count). The van der Waals surface area contributed by atoms with Crippen molar-refractivity contribution in [2.45, 2.75) is 18.0 Å². The average Bonchev–Trinajstić information content (AvgIpc) is 2.88. The molecule has 0 atom stereocenters. The summed E-state index contributed by atoms with van der Waals surface area (Å²) in [5.41, 5.74) is 0.675. The van der Waals surface area contributed by atoms with E-state index in [0.29, 0.717) is 10.6 Å². The molecule has 0 fully saturated rings. The van der Waals surface area contributed by atoms with Crippen LogP contribution in [0, 0.1) is 0 Å². The van der Waals surface area contributed by atoms with Crippen LogP contribution >= 0.6 is 11.3 Å². The van der Waals surface area contributed by atoms with Gasteiger partial charge in [-0.3, -0.25) is 4.98 Å². The lowest BCUT2D eigenvalue weighted by molar-refractivity contribution is 0.282. The van der Waals surface area contributed by atoms with Gasteiger partial charge in [-0.2, -0.15) is 4.31 Å². The second-order valence-corrected chi connectivity index (χ2v) is 6.96. The van der Waals surface area contributed by atoms with Crippen LogP contribution in [0.5, 0.6) is 0 Å². The third-order valence-corrected chi connectivity index (χ3v) is 5.57. The fourth-order valence-corrected chi connectivity index (χ4v) is 4.05. The standard InChI is InChI=1S/C12H14N2O3S2/c1-14(8-10-4-2-3-6-13-10)19(16,17)12-5-7-18-11(12)9-15/h2-7,15H,8-9H2,1H3. The number of sulfonamides is 1. The van der Waals surface area contributed by atoms with Gasteiger partial charge < -0.3 is 5.11 Å². The van der Waals surface area contributed by atoms with Crippen molar-refractivity contribution in [3.8, 4) is 0 Å². The van der Waals surface area contributed by atoms with Gasteiger partial charge in [0.15, 0.2) is 0 Å². The highest BCUT2D eigenvalue weighted by Crippen LogP contribution is 2.25. The molecule has 19 heavy (non-hydrogen) atoms. The van der Waals surface area contributed by atoms with Gasteiger partial charge >= 0.3 is 0 Å². The van der Waals surface area contributed by atoms with Crippen molar-refractivity contribution in [3.05, 3.63) is 46.4 Å². The summed E-state index contributed by atoms with van der Waals surface area (Å²) in [5.74, 6) is 0. The normalized spacial score (nSPS) is 11.9. The van der Waals surface area contributed by atoms with E-state index < -0.39 is 10.0 Å². The average molecular weight is 298 g/mol. The van der Waals surface area contributed by atoms with E-state index in [9.17, 15) is 8.42 Å². The minimum absolute atomic E-state index is 0.165. The Hall–Kier alpha value is -1.28. The predicted molar refractivity (Wildman–Crippen MR) is 73.1 cm³/mol. The molecule has 2 aromatic heterocycles. The van der Waals surface area contributed by atoms with Crippen LogP contribution < -0.4 is 0 Å². The Bertz CT molecular complexity index is 638. The minimum atomic E-state index is -3.59. The van der Waals surface area contributed by atoms with Crippen LogP contribution in [-0.4, -0.2) is 29.9 Å². The predicted octanol–water partition coefficient (Wildman–Crippen LogP) is 1.46. The van der Waals surface area contributed by atoms with Crippen molar-refractivity contribution in [1.82, 2.24) is 9.29 Å². The van der Waals surface area contributed by atoms with Crippen LogP contribution in [0.25, 0.3) is 0 Å². The number of thiophene rings is 1. The Morgan fingerprint density at radius 2 is 2.16 bits per heavy atom. The number of aliphatic hydroxyl groups excluding tert-OH is 1. The van der Waals surface area contributed by atoms with E-state index in [0.717, 1.165) is 0 Å². The third kappa shape index (κ3) is 3.01. The molecule has 0 unspecified atom stereocenters. The molecule has 0 aliphatic heterocycles. The molecule has 0 aliphatic carbocycles. The fraction of sp³-hybridized carbons (Fsp3) is 0.250. The van der Waals surface area contributed by atoms with Gasteiger partial charge in [-0.05, 0) is 23.6 Å². The van der Waals surface area contributed by atoms with Crippen molar-refractivity contribution in [2.75, 3.05) is 7.05 Å². The van der Waals surface area contributed by atoms with Crippen molar-refractivity contribution >= 4 is 21.4 Å². The third-order valence-electron chi connectivity index (χ3n) is 2.65. The minimum Gasteiger partial charge on any atom is -0.391 e. The second-order valence-electron chi connectivity index (χ2n) is 3.95. The molecular formula is C12H14N2O3S2. The molecule has 1 N–H and O–H groups in total. The molecule has 0 saturated heterocycles. The number of nitrogens with zero attached hydrogens (tertiary/aromatic N) is 2. The second kappa shape index (κ2) is 5.79. The lowest BCUT2D eigenvalue weighted by Crippen LogP contribution is -2.27. The van der Waals surface area contributed by atoms with E-state index in [1.807, 2.05) is 6.07 Å². The first-order valence-electron chi connectivity index (χ1n) is 5.59. The van der Waals surface area contributed by atoms with Gasteiger partial charge in [0.05, 0.1) is 23.7 Å². The van der Waals surface area contributed by atoms with E-state index in [4.69, 9.17) is 5.11 Å². The SMILES string of the molecule is CN(Cc1ccccn1)S(=O)(=O)c1ccsc1CO. The van der Waals surface area contributed by atoms with Crippen LogP contribution in [0.3, 0.4) is 0 Å². The van der Waals surface area contributed by atoms with Crippen molar-refractivity contribution in [1.29, 1.82) is 0 Å². The molecule has 7 heteroatoms. The first-order valence-corrected chi connectivity index (χ1v) is 7.91. The molecule has 102 valence electrons. The van der Waals surface area contributed by atoms with Gasteiger partial charge in [0, 0.05) is 18.1 Å². The van der Waals surface area contributed by atoms with Gasteiger partial charge in [-0.15, -0.1) is 11.3 Å². The monoisotopic (exact) mass is 298 g/mol. The zero-order valence-electron chi connectivity index (χ0n) is 10.4.